The first-order valence-electron chi connectivity index (χ1n) is 12.0. The van der Waals surface area contributed by atoms with Crippen molar-refractivity contribution in [3.05, 3.63) is 46.1 Å². The second-order valence-electron chi connectivity index (χ2n) is 10.1. The average Bonchev–Trinajstić information content (AvgIpc) is 3.07. The summed E-state index contributed by atoms with van der Waals surface area (Å²) in [7, 11) is 0. The van der Waals surface area contributed by atoms with Crippen LogP contribution in [0.15, 0.2) is 46.1 Å². The fourth-order valence-corrected chi connectivity index (χ4v) is 5.13. The predicted octanol–water partition coefficient (Wildman–Crippen LogP) is 5.43. The van der Waals surface area contributed by atoms with Crippen molar-refractivity contribution in [1.29, 1.82) is 0 Å². The monoisotopic (exact) mass is 458 g/mol. The van der Waals surface area contributed by atoms with Gasteiger partial charge in [-0.2, -0.15) is 0 Å². The molecule has 3 aliphatic rings. The van der Waals surface area contributed by atoms with Crippen LogP contribution in [-0.2, 0) is 23.8 Å². The molecule has 6 nitrogen and oxygen atoms in total. The summed E-state index contributed by atoms with van der Waals surface area (Å²) in [5.74, 6) is -1.12. The van der Waals surface area contributed by atoms with Crippen molar-refractivity contribution in [2.45, 2.75) is 105 Å². The molecule has 0 aromatic heterocycles. The van der Waals surface area contributed by atoms with E-state index >= 15 is 0 Å². The molecule has 2 heterocycles. The lowest BCUT2D eigenvalue weighted by molar-refractivity contribution is -0.176. The van der Waals surface area contributed by atoms with Gasteiger partial charge in [-0.05, 0) is 76.2 Å². The predicted molar refractivity (Wildman–Crippen MR) is 126 cm³/mol. The van der Waals surface area contributed by atoms with Crippen LogP contribution in [0.1, 0.15) is 86.0 Å². The van der Waals surface area contributed by atoms with E-state index in [0.29, 0.717) is 23.8 Å². The van der Waals surface area contributed by atoms with Crippen LogP contribution in [0, 0.1) is 5.41 Å². The summed E-state index contributed by atoms with van der Waals surface area (Å²) >= 11 is 0. The van der Waals surface area contributed by atoms with Crippen molar-refractivity contribution in [3.8, 4) is 0 Å². The van der Waals surface area contributed by atoms with Crippen LogP contribution >= 0.6 is 0 Å². The minimum atomic E-state index is -1.08. The second kappa shape index (κ2) is 10.8. The number of aliphatic hydroxyl groups excluding tert-OH is 1. The van der Waals surface area contributed by atoms with Gasteiger partial charge in [0.1, 0.15) is 0 Å². The summed E-state index contributed by atoms with van der Waals surface area (Å²) < 4.78 is 15.8. The molecule has 0 saturated carbocycles. The minimum absolute atomic E-state index is 0.312. The minimum Gasteiger partial charge on any atom is -0.421 e. The molecule has 1 aliphatic carbocycles. The molecular formula is C27H38O6. The second-order valence-corrected chi connectivity index (χ2v) is 10.1. The highest BCUT2D eigenvalue weighted by atomic mass is 16.7. The van der Waals surface area contributed by atoms with Gasteiger partial charge in [-0.15, -0.1) is 0 Å². The van der Waals surface area contributed by atoms with Gasteiger partial charge in [0.15, 0.2) is 6.29 Å². The van der Waals surface area contributed by atoms with Crippen LogP contribution in [0.3, 0.4) is 0 Å². The smallest absolute Gasteiger partial charge is 0.334 e. The summed E-state index contributed by atoms with van der Waals surface area (Å²) in [4.78, 5) is 22.9. The van der Waals surface area contributed by atoms with Crippen LogP contribution in [-0.4, -0.2) is 35.7 Å². The van der Waals surface area contributed by atoms with Crippen LogP contribution in [0.4, 0.5) is 0 Å². The molecule has 0 aromatic carbocycles. The zero-order valence-corrected chi connectivity index (χ0v) is 20.6. The Balaban J connectivity index is 1.51. The Morgan fingerprint density at radius 2 is 2.06 bits per heavy atom. The number of allylic oxidation sites excluding steroid dienone is 4. The first kappa shape index (κ1) is 25.4. The maximum Gasteiger partial charge on any atom is 0.334 e. The number of aliphatic hydroxyl groups is 1. The molecule has 0 unspecified atom stereocenters. The van der Waals surface area contributed by atoms with Gasteiger partial charge in [0.25, 0.3) is 6.29 Å². The lowest BCUT2D eigenvalue weighted by Gasteiger charge is -2.35. The van der Waals surface area contributed by atoms with Gasteiger partial charge in [-0.3, -0.25) is 4.79 Å². The molecule has 0 spiro atoms. The number of esters is 2. The van der Waals surface area contributed by atoms with Crippen LogP contribution in [0.2, 0.25) is 0 Å². The molecule has 2 aliphatic heterocycles. The summed E-state index contributed by atoms with van der Waals surface area (Å²) in [5, 5.41) is 10.5. The van der Waals surface area contributed by atoms with Crippen LogP contribution < -0.4 is 0 Å². The molecule has 1 N–H and O–H groups in total. The Hall–Kier alpha value is -2.18. The maximum atomic E-state index is 11.6. The third kappa shape index (κ3) is 6.67. The molecule has 0 bridgehead atoms. The van der Waals surface area contributed by atoms with Crippen molar-refractivity contribution < 1.29 is 28.9 Å². The highest BCUT2D eigenvalue weighted by Gasteiger charge is 2.37. The SMILES string of the molecule is CC(=O)O[C@@H]1OC(=O)C=C1[C@H]1CC=C(CC/C=C(\C)CCC2=C(C)CCCC2(C)C)[C@H](O)O1. The number of hydrogen-bond acceptors (Lipinski definition) is 6. The summed E-state index contributed by atoms with van der Waals surface area (Å²) in [6.45, 7) is 10.5. The molecular weight excluding hydrogens is 420 g/mol. The van der Waals surface area contributed by atoms with Gasteiger partial charge in [0.05, 0.1) is 6.10 Å². The summed E-state index contributed by atoms with van der Waals surface area (Å²) in [5.41, 5.74) is 6.14. The number of carbonyl (C=O) groups excluding carboxylic acids is 2. The zero-order chi connectivity index (χ0) is 24.2. The van der Waals surface area contributed by atoms with Crippen molar-refractivity contribution in [1.82, 2.24) is 0 Å². The molecule has 182 valence electrons. The fraction of sp³-hybridized carbons (Fsp3) is 0.630. The molecule has 0 amide bonds. The third-order valence-electron chi connectivity index (χ3n) is 7.01. The molecule has 0 radical (unpaired) electrons. The van der Waals surface area contributed by atoms with Crippen LogP contribution in [0.25, 0.3) is 0 Å². The number of cyclic esters (lactones) is 1. The van der Waals surface area contributed by atoms with E-state index < -0.39 is 30.6 Å². The lowest BCUT2D eigenvalue weighted by atomic mass is 9.71. The number of rotatable bonds is 8. The van der Waals surface area contributed by atoms with Crippen molar-refractivity contribution in [2.24, 2.45) is 5.41 Å². The van der Waals surface area contributed by atoms with Gasteiger partial charge in [0.2, 0.25) is 0 Å². The normalized spacial score (nSPS) is 27.8. The highest BCUT2D eigenvalue weighted by molar-refractivity contribution is 5.86. The zero-order valence-electron chi connectivity index (χ0n) is 20.6. The first-order valence-corrected chi connectivity index (χ1v) is 12.0. The van der Waals surface area contributed by atoms with Gasteiger partial charge >= 0.3 is 11.9 Å². The Kier molecular flexibility index (Phi) is 8.35. The molecule has 3 rings (SSSR count). The molecule has 0 saturated heterocycles. The van der Waals surface area contributed by atoms with E-state index in [9.17, 15) is 14.7 Å². The Labute approximate surface area is 197 Å². The number of ether oxygens (including phenoxy) is 3. The van der Waals surface area contributed by atoms with Crippen LogP contribution in [0.5, 0.6) is 0 Å². The largest absolute Gasteiger partial charge is 0.421 e. The van der Waals surface area contributed by atoms with Gasteiger partial charge in [0, 0.05) is 18.6 Å². The van der Waals surface area contributed by atoms with E-state index in [0.717, 1.165) is 24.8 Å². The van der Waals surface area contributed by atoms with E-state index in [1.54, 1.807) is 11.1 Å². The van der Waals surface area contributed by atoms with Gasteiger partial charge in [-0.25, -0.2) is 4.79 Å². The van der Waals surface area contributed by atoms with E-state index in [4.69, 9.17) is 14.2 Å². The fourth-order valence-electron chi connectivity index (χ4n) is 5.13. The summed E-state index contributed by atoms with van der Waals surface area (Å²) in [6, 6.07) is 0. The molecule has 6 heteroatoms. The van der Waals surface area contributed by atoms with Gasteiger partial charge < -0.3 is 19.3 Å². The highest BCUT2D eigenvalue weighted by Crippen LogP contribution is 2.42. The molecule has 3 atom stereocenters. The molecule has 0 aromatic rings. The average molecular weight is 459 g/mol. The van der Waals surface area contributed by atoms with Crippen molar-refractivity contribution in [2.75, 3.05) is 0 Å². The lowest BCUT2D eigenvalue weighted by Crippen LogP contribution is -2.33. The summed E-state index contributed by atoms with van der Waals surface area (Å²) in [6.07, 6.45) is 10.8. The standard InChI is InChI=1S/C27H38O6/c1-17(11-13-22-18(2)9-7-15-27(22,4)5)8-6-10-20-12-14-23(32-25(20)30)21-16-24(29)33-26(21)31-19(3)28/h8,12,16,23,25-26,30H,6-7,9-11,13-15H2,1-5H3/b17-8+/t23-,25-,26-/m1/s1. The Morgan fingerprint density at radius 1 is 1.30 bits per heavy atom. The third-order valence-corrected chi connectivity index (χ3v) is 7.01. The van der Waals surface area contributed by atoms with E-state index in [1.165, 1.54) is 37.8 Å². The Morgan fingerprint density at radius 3 is 2.73 bits per heavy atom. The molecule has 33 heavy (non-hydrogen) atoms. The molecule has 0 fully saturated rings. The van der Waals surface area contributed by atoms with E-state index in [-0.39, 0.29) is 0 Å². The topological polar surface area (TPSA) is 82.1 Å². The first-order chi connectivity index (χ1) is 15.6. The quantitative estimate of drug-likeness (QED) is 0.386. The number of carbonyl (C=O) groups is 2. The Bertz CT molecular complexity index is 888. The van der Waals surface area contributed by atoms with E-state index in [1.807, 2.05) is 6.08 Å². The van der Waals surface area contributed by atoms with Crippen molar-refractivity contribution >= 4 is 11.9 Å². The number of hydrogen-bond donors (Lipinski definition) is 1. The van der Waals surface area contributed by atoms with Gasteiger partial charge in [-0.1, -0.05) is 42.7 Å². The van der Waals surface area contributed by atoms with E-state index in [2.05, 4.69) is 33.8 Å². The van der Waals surface area contributed by atoms with Crippen molar-refractivity contribution in [3.63, 3.8) is 0 Å². The maximum absolute atomic E-state index is 11.6.